The van der Waals surface area contributed by atoms with Crippen molar-refractivity contribution in [3.05, 3.63) is 34.9 Å². The zero-order valence-corrected chi connectivity index (χ0v) is 13.2. The quantitative estimate of drug-likeness (QED) is 0.909. The molecule has 0 radical (unpaired) electrons. The van der Waals surface area contributed by atoms with Crippen LogP contribution in [0.4, 0.5) is 4.79 Å². The van der Waals surface area contributed by atoms with Gasteiger partial charge in [0.1, 0.15) is 0 Å². The Kier molecular flexibility index (Phi) is 4.52. The third kappa shape index (κ3) is 3.19. The summed E-state index contributed by atoms with van der Waals surface area (Å²) < 4.78 is 0. The van der Waals surface area contributed by atoms with Gasteiger partial charge < -0.3 is 15.1 Å². The molecule has 2 saturated heterocycles. The number of urea groups is 1. The number of hydrogen-bond donors (Lipinski definition) is 1. The lowest BCUT2D eigenvalue weighted by Crippen LogP contribution is -2.54. The molecule has 0 unspecified atom stereocenters. The summed E-state index contributed by atoms with van der Waals surface area (Å²) in [5.41, 5.74) is 0.665. The van der Waals surface area contributed by atoms with Crippen molar-refractivity contribution >= 4 is 23.5 Å². The van der Waals surface area contributed by atoms with Crippen molar-refractivity contribution < 1.29 is 9.59 Å². The van der Waals surface area contributed by atoms with E-state index in [1.807, 2.05) is 9.80 Å². The highest BCUT2D eigenvalue weighted by molar-refractivity contribution is 6.30. The van der Waals surface area contributed by atoms with E-state index in [4.69, 9.17) is 11.6 Å². The van der Waals surface area contributed by atoms with Crippen molar-refractivity contribution in [2.24, 2.45) is 0 Å². The number of nitrogens with zero attached hydrogens (tertiary/aromatic N) is 2. The van der Waals surface area contributed by atoms with Crippen LogP contribution in [-0.2, 0) is 0 Å². The molecular formula is C16H20ClN3O2. The van der Waals surface area contributed by atoms with E-state index < -0.39 is 0 Å². The molecule has 0 saturated carbocycles. The van der Waals surface area contributed by atoms with E-state index in [-0.39, 0.29) is 18.0 Å². The second-order valence-corrected chi connectivity index (χ2v) is 6.25. The third-order valence-electron chi connectivity index (χ3n) is 4.40. The average molecular weight is 322 g/mol. The van der Waals surface area contributed by atoms with Gasteiger partial charge in [0, 0.05) is 42.8 Å². The second-order valence-electron chi connectivity index (χ2n) is 5.81. The predicted octanol–water partition coefficient (Wildman–Crippen LogP) is 2.36. The maximum Gasteiger partial charge on any atom is 0.317 e. The molecule has 2 heterocycles. The Hall–Kier alpha value is -1.75. The highest BCUT2D eigenvalue weighted by Crippen LogP contribution is 2.20. The van der Waals surface area contributed by atoms with Crippen LogP contribution >= 0.6 is 11.6 Å². The Labute approximate surface area is 135 Å². The molecule has 0 aliphatic carbocycles. The number of amides is 3. The van der Waals surface area contributed by atoms with Gasteiger partial charge >= 0.3 is 6.03 Å². The number of carbonyl (C=O) groups is 2. The molecule has 1 aromatic rings. The first-order valence-electron chi connectivity index (χ1n) is 7.74. The number of rotatable bonds is 2. The number of benzene rings is 1. The van der Waals surface area contributed by atoms with Crippen LogP contribution in [0.25, 0.3) is 0 Å². The van der Waals surface area contributed by atoms with Gasteiger partial charge in [0.05, 0.1) is 0 Å². The minimum Gasteiger partial charge on any atom is -0.338 e. The number of halogens is 1. The number of piperidine rings is 1. The zero-order chi connectivity index (χ0) is 15.5. The Morgan fingerprint density at radius 1 is 1.14 bits per heavy atom. The molecule has 0 aromatic heterocycles. The summed E-state index contributed by atoms with van der Waals surface area (Å²) in [6, 6.07) is 7.27. The first kappa shape index (κ1) is 15.2. The summed E-state index contributed by atoms with van der Waals surface area (Å²) in [6.07, 6.45) is 2.68. The van der Waals surface area contributed by atoms with Crippen LogP contribution in [-0.4, -0.2) is 54.0 Å². The molecule has 2 aliphatic heterocycles. The van der Waals surface area contributed by atoms with Crippen molar-refractivity contribution in [2.75, 3.05) is 26.2 Å². The van der Waals surface area contributed by atoms with Gasteiger partial charge in [-0.1, -0.05) is 11.6 Å². The minimum atomic E-state index is 0.0359. The maximum absolute atomic E-state index is 12.4. The average Bonchev–Trinajstić information content (AvgIpc) is 2.56. The maximum atomic E-state index is 12.4. The van der Waals surface area contributed by atoms with Crippen molar-refractivity contribution in [2.45, 2.75) is 25.3 Å². The standard InChI is InChI=1S/C16H20ClN3O2/c17-13-4-2-12(3-5-13)15(21)19-10-6-14(7-11-19)20-9-1-8-18-16(20)22/h2-5,14H,1,6-11H2,(H,18,22). The smallest absolute Gasteiger partial charge is 0.317 e. The van der Waals surface area contributed by atoms with E-state index in [2.05, 4.69) is 5.32 Å². The van der Waals surface area contributed by atoms with E-state index in [9.17, 15) is 9.59 Å². The molecule has 1 N–H and O–H groups in total. The van der Waals surface area contributed by atoms with Gasteiger partial charge in [-0.15, -0.1) is 0 Å². The zero-order valence-electron chi connectivity index (χ0n) is 12.4. The molecule has 0 spiro atoms. The van der Waals surface area contributed by atoms with Gasteiger partial charge in [-0.25, -0.2) is 4.79 Å². The number of nitrogens with one attached hydrogen (secondary N) is 1. The Morgan fingerprint density at radius 2 is 1.82 bits per heavy atom. The van der Waals surface area contributed by atoms with Gasteiger partial charge in [0.25, 0.3) is 5.91 Å². The highest BCUT2D eigenvalue weighted by Gasteiger charge is 2.30. The summed E-state index contributed by atoms with van der Waals surface area (Å²) in [7, 11) is 0. The van der Waals surface area contributed by atoms with Crippen LogP contribution in [0.1, 0.15) is 29.6 Å². The lowest BCUT2D eigenvalue weighted by Gasteiger charge is -2.40. The van der Waals surface area contributed by atoms with Gasteiger partial charge in [-0.05, 0) is 43.5 Å². The molecule has 0 atom stereocenters. The molecule has 1 aromatic carbocycles. The van der Waals surface area contributed by atoms with E-state index >= 15 is 0 Å². The van der Waals surface area contributed by atoms with Crippen LogP contribution in [0, 0.1) is 0 Å². The highest BCUT2D eigenvalue weighted by atomic mass is 35.5. The number of likely N-dealkylation sites (tertiary alicyclic amines) is 1. The monoisotopic (exact) mass is 321 g/mol. The Bertz CT molecular complexity index is 553. The lowest BCUT2D eigenvalue weighted by molar-refractivity contribution is 0.0642. The van der Waals surface area contributed by atoms with Crippen molar-refractivity contribution in [3.8, 4) is 0 Å². The molecule has 6 heteroatoms. The molecule has 0 bridgehead atoms. The summed E-state index contributed by atoms with van der Waals surface area (Å²) in [5.74, 6) is 0.0400. The normalized spacial score (nSPS) is 20.0. The Morgan fingerprint density at radius 3 is 2.45 bits per heavy atom. The van der Waals surface area contributed by atoms with Gasteiger partial charge in [0.2, 0.25) is 0 Å². The predicted molar refractivity (Wildman–Crippen MR) is 85.1 cm³/mol. The van der Waals surface area contributed by atoms with Gasteiger partial charge in [-0.3, -0.25) is 4.79 Å². The molecule has 22 heavy (non-hydrogen) atoms. The van der Waals surface area contributed by atoms with Gasteiger partial charge in [0.15, 0.2) is 0 Å². The number of hydrogen-bond acceptors (Lipinski definition) is 2. The molecule has 3 amide bonds. The largest absolute Gasteiger partial charge is 0.338 e. The van der Waals surface area contributed by atoms with Crippen LogP contribution in [0.3, 0.4) is 0 Å². The summed E-state index contributed by atoms with van der Waals surface area (Å²) in [4.78, 5) is 28.1. The third-order valence-corrected chi connectivity index (χ3v) is 4.65. The van der Waals surface area contributed by atoms with Crippen LogP contribution in [0.2, 0.25) is 5.02 Å². The van der Waals surface area contributed by atoms with Crippen molar-refractivity contribution in [3.63, 3.8) is 0 Å². The fourth-order valence-electron chi connectivity index (χ4n) is 3.15. The van der Waals surface area contributed by atoms with E-state index in [1.54, 1.807) is 24.3 Å². The van der Waals surface area contributed by atoms with E-state index in [0.717, 1.165) is 32.4 Å². The molecule has 5 nitrogen and oxygen atoms in total. The second kappa shape index (κ2) is 6.57. The van der Waals surface area contributed by atoms with E-state index in [0.29, 0.717) is 23.7 Å². The summed E-state index contributed by atoms with van der Waals surface area (Å²) in [5, 5.41) is 3.52. The molecule has 118 valence electrons. The molecule has 3 rings (SSSR count). The SMILES string of the molecule is O=C(c1ccc(Cl)cc1)N1CCC(N2CCCNC2=O)CC1. The fourth-order valence-corrected chi connectivity index (χ4v) is 3.28. The van der Waals surface area contributed by atoms with E-state index in [1.165, 1.54) is 0 Å². The molecule has 2 aliphatic rings. The number of carbonyl (C=O) groups excluding carboxylic acids is 2. The lowest BCUT2D eigenvalue weighted by atomic mass is 10.0. The first-order chi connectivity index (χ1) is 10.6. The summed E-state index contributed by atoms with van der Waals surface area (Å²) >= 11 is 5.85. The first-order valence-corrected chi connectivity index (χ1v) is 8.12. The van der Waals surface area contributed by atoms with Crippen molar-refractivity contribution in [1.29, 1.82) is 0 Å². The fraction of sp³-hybridized carbons (Fsp3) is 0.500. The van der Waals surface area contributed by atoms with Crippen LogP contribution < -0.4 is 5.32 Å². The molecule has 2 fully saturated rings. The van der Waals surface area contributed by atoms with Crippen molar-refractivity contribution in [1.82, 2.24) is 15.1 Å². The minimum absolute atomic E-state index is 0.0359. The van der Waals surface area contributed by atoms with Crippen LogP contribution in [0.5, 0.6) is 0 Å². The Balaban J connectivity index is 1.58. The molecular weight excluding hydrogens is 302 g/mol. The van der Waals surface area contributed by atoms with Crippen LogP contribution in [0.15, 0.2) is 24.3 Å². The topological polar surface area (TPSA) is 52.7 Å². The van der Waals surface area contributed by atoms with Gasteiger partial charge in [-0.2, -0.15) is 0 Å². The summed E-state index contributed by atoms with van der Waals surface area (Å²) in [6.45, 7) is 2.97.